The molecular weight excluding hydrogens is 486 g/mol. The first-order chi connectivity index (χ1) is 18.8. The van der Waals surface area contributed by atoms with Crippen molar-refractivity contribution in [3.63, 3.8) is 0 Å². The molecule has 39 heavy (non-hydrogen) atoms. The predicted octanol–water partition coefficient (Wildman–Crippen LogP) is 6.24. The Bertz CT molecular complexity index is 1310. The van der Waals surface area contributed by atoms with Crippen LogP contribution in [0.4, 0.5) is 0 Å². The molecule has 0 atom stereocenters. The van der Waals surface area contributed by atoms with E-state index in [4.69, 9.17) is 9.47 Å². The van der Waals surface area contributed by atoms with Crippen molar-refractivity contribution in [3.05, 3.63) is 77.1 Å². The van der Waals surface area contributed by atoms with Gasteiger partial charge in [-0.25, -0.2) is 0 Å². The van der Waals surface area contributed by atoms with Crippen molar-refractivity contribution < 1.29 is 14.3 Å². The molecule has 1 aromatic heterocycles. The Morgan fingerprint density at radius 1 is 1.00 bits per heavy atom. The van der Waals surface area contributed by atoms with Gasteiger partial charge in [-0.1, -0.05) is 67.6 Å². The third kappa shape index (κ3) is 8.66. The summed E-state index contributed by atoms with van der Waals surface area (Å²) in [4.78, 5) is 12.1. The minimum atomic E-state index is -0.522. The minimum Gasteiger partial charge on any atom is -0.491 e. The van der Waals surface area contributed by atoms with Crippen molar-refractivity contribution in [1.29, 1.82) is 0 Å². The average Bonchev–Trinajstić information content (AvgIpc) is 2.92. The van der Waals surface area contributed by atoms with E-state index >= 15 is 0 Å². The number of benzene rings is 2. The fourth-order valence-corrected chi connectivity index (χ4v) is 4.76. The van der Waals surface area contributed by atoms with Crippen LogP contribution in [0, 0.1) is 24.7 Å². The molecule has 0 saturated heterocycles. The molecule has 0 aliphatic heterocycles. The highest BCUT2D eigenvalue weighted by atomic mass is 16.6. The van der Waals surface area contributed by atoms with Gasteiger partial charge in [0.15, 0.2) is 0 Å². The molecule has 0 bridgehead atoms. The Morgan fingerprint density at radius 3 is 2.51 bits per heavy atom. The van der Waals surface area contributed by atoms with Crippen molar-refractivity contribution >= 4 is 5.97 Å². The third-order valence-corrected chi connectivity index (χ3v) is 6.76. The van der Waals surface area contributed by atoms with E-state index in [1.165, 1.54) is 37.7 Å². The molecule has 2 aromatic carbocycles. The van der Waals surface area contributed by atoms with Gasteiger partial charge in [0, 0.05) is 18.2 Å². The van der Waals surface area contributed by atoms with Crippen LogP contribution in [0.3, 0.4) is 0 Å². The van der Waals surface area contributed by atoms with Crippen LogP contribution in [0.15, 0.2) is 54.6 Å². The molecule has 6 heteroatoms. The number of nitrogens with zero attached hydrogens (tertiary/aromatic N) is 2. The lowest BCUT2D eigenvalue weighted by Crippen LogP contribution is -2.31. The number of carbonyl (C=O) groups is 1. The van der Waals surface area contributed by atoms with Crippen LogP contribution < -0.4 is 10.1 Å². The zero-order chi connectivity index (χ0) is 27.7. The molecule has 0 amide bonds. The van der Waals surface area contributed by atoms with E-state index in [9.17, 15) is 4.79 Å². The summed E-state index contributed by atoms with van der Waals surface area (Å²) in [6.07, 6.45) is 6.19. The maximum Gasteiger partial charge on any atom is 0.320 e. The summed E-state index contributed by atoms with van der Waals surface area (Å²) in [6.45, 7) is 8.73. The van der Waals surface area contributed by atoms with Crippen molar-refractivity contribution in [2.75, 3.05) is 13.2 Å². The second kappa shape index (κ2) is 13.4. The van der Waals surface area contributed by atoms with E-state index in [0.717, 1.165) is 16.7 Å². The maximum atomic E-state index is 12.1. The molecule has 1 aliphatic carbocycles. The smallest absolute Gasteiger partial charge is 0.320 e. The molecule has 3 aromatic rings. The van der Waals surface area contributed by atoms with Gasteiger partial charge in [-0.05, 0) is 75.1 Å². The van der Waals surface area contributed by atoms with E-state index in [0.29, 0.717) is 36.2 Å². The Labute approximate surface area is 232 Å². The Kier molecular flexibility index (Phi) is 9.73. The molecule has 0 unspecified atom stereocenters. The summed E-state index contributed by atoms with van der Waals surface area (Å²) in [5, 5.41) is 11.9. The van der Waals surface area contributed by atoms with Crippen LogP contribution >= 0.6 is 0 Å². The molecule has 1 N–H and O–H groups in total. The Morgan fingerprint density at radius 2 is 1.77 bits per heavy atom. The van der Waals surface area contributed by atoms with E-state index < -0.39 is 5.60 Å². The SMILES string of the molecule is Cc1c(C#Cc2cc(OCC3CCCCC3)c(CNCC(=O)OC(C)(C)C)nn2)cccc1-c1ccccc1. The van der Waals surface area contributed by atoms with Gasteiger partial charge in [0.1, 0.15) is 22.7 Å². The average molecular weight is 526 g/mol. The number of nitrogens with one attached hydrogen (secondary N) is 1. The van der Waals surface area contributed by atoms with Crippen molar-refractivity contribution in [1.82, 2.24) is 15.5 Å². The lowest BCUT2D eigenvalue weighted by molar-refractivity contribution is -0.153. The van der Waals surface area contributed by atoms with Crippen molar-refractivity contribution in [3.8, 4) is 28.7 Å². The predicted molar refractivity (Wildman–Crippen MR) is 154 cm³/mol. The van der Waals surface area contributed by atoms with Crippen molar-refractivity contribution in [2.45, 2.75) is 71.9 Å². The van der Waals surface area contributed by atoms with Crippen LogP contribution in [-0.4, -0.2) is 34.9 Å². The first-order valence-electron chi connectivity index (χ1n) is 13.9. The van der Waals surface area contributed by atoms with Crippen LogP contribution in [0.25, 0.3) is 11.1 Å². The zero-order valence-corrected chi connectivity index (χ0v) is 23.5. The molecule has 4 rings (SSSR count). The van der Waals surface area contributed by atoms with Gasteiger partial charge in [0.05, 0.1) is 13.2 Å². The number of ether oxygens (including phenoxy) is 2. The Balaban J connectivity index is 1.51. The molecular formula is C33H39N3O3. The van der Waals surface area contributed by atoms with E-state index in [2.05, 4.69) is 52.5 Å². The molecule has 0 radical (unpaired) electrons. The zero-order valence-electron chi connectivity index (χ0n) is 23.5. The van der Waals surface area contributed by atoms with E-state index in [1.54, 1.807) is 0 Å². The first kappa shape index (κ1) is 28.3. The summed E-state index contributed by atoms with van der Waals surface area (Å²) in [5.74, 6) is 7.37. The van der Waals surface area contributed by atoms with Crippen LogP contribution in [0.1, 0.15) is 75.4 Å². The number of hydrogen-bond donors (Lipinski definition) is 1. The molecule has 6 nitrogen and oxygen atoms in total. The molecule has 1 heterocycles. The molecule has 0 spiro atoms. The molecule has 1 aliphatic rings. The second-order valence-electron chi connectivity index (χ2n) is 11.1. The lowest BCUT2D eigenvalue weighted by Gasteiger charge is -2.22. The maximum absolute atomic E-state index is 12.1. The van der Waals surface area contributed by atoms with E-state index in [1.807, 2.05) is 57.2 Å². The summed E-state index contributed by atoms with van der Waals surface area (Å²) >= 11 is 0. The van der Waals surface area contributed by atoms with E-state index in [-0.39, 0.29) is 12.5 Å². The largest absolute Gasteiger partial charge is 0.491 e. The molecule has 1 saturated carbocycles. The highest BCUT2D eigenvalue weighted by molar-refractivity contribution is 5.72. The highest BCUT2D eigenvalue weighted by Gasteiger charge is 2.18. The normalized spacial score (nSPS) is 13.8. The van der Waals surface area contributed by atoms with Crippen LogP contribution in [-0.2, 0) is 16.1 Å². The van der Waals surface area contributed by atoms with Gasteiger partial charge in [0.25, 0.3) is 0 Å². The number of aromatic nitrogens is 2. The highest BCUT2D eigenvalue weighted by Crippen LogP contribution is 2.27. The van der Waals surface area contributed by atoms with Crippen LogP contribution in [0.5, 0.6) is 5.75 Å². The quantitative estimate of drug-likeness (QED) is 0.277. The van der Waals surface area contributed by atoms with Gasteiger partial charge >= 0.3 is 5.97 Å². The Hall–Kier alpha value is -3.69. The van der Waals surface area contributed by atoms with Crippen LogP contribution in [0.2, 0.25) is 0 Å². The van der Waals surface area contributed by atoms with Gasteiger partial charge in [0.2, 0.25) is 0 Å². The number of esters is 1. The third-order valence-electron chi connectivity index (χ3n) is 6.76. The summed E-state index contributed by atoms with van der Waals surface area (Å²) in [7, 11) is 0. The topological polar surface area (TPSA) is 73.3 Å². The van der Waals surface area contributed by atoms with Gasteiger partial charge in [-0.3, -0.25) is 4.79 Å². The molecule has 204 valence electrons. The number of carbonyl (C=O) groups excluding carboxylic acids is 1. The fourth-order valence-electron chi connectivity index (χ4n) is 4.76. The van der Waals surface area contributed by atoms with Crippen molar-refractivity contribution in [2.24, 2.45) is 5.92 Å². The minimum absolute atomic E-state index is 0.0829. The molecule has 1 fully saturated rings. The number of hydrogen-bond acceptors (Lipinski definition) is 6. The summed E-state index contributed by atoms with van der Waals surface area (Å²) in [6, 6.07) is 18.4. The summed E-state index contributed by atoms with van der Waals surface area (Å²) < 4.78 is 11.7. The second-order valence-corrected chi connectivity index (χ2v) is 11.1. The van der Waals surface area contributed by atoms with Gasteiger partial charge in [-0.15, -0.1) is 10.2 Å². The summed E-state index contributed by atoms with van der Waals surface area (Å²) in [5.41, 5.74) is 5.09. The van der Waals surface area contributed by atoms with Gasteiger partial charge in [-0.2, -0.15) is 0 Å². The fraction of sp³-hybridized carbons (Fsp3) is 0.424. The lowest BCUT2D eigenvalue weighted by atomic mass is 9.90. The van der Waals surface area contributed by atoms with Gasteiger partial charge < -0.3 is 14.8 Å². The first-order valence-corrected chi connectivity index (χ1v) is 13.9. The number of rotatable bonds is 8. The standard InChI is InChI=1S/C33H39N3O3/c1-24-26(16-11-17-29(24)27-14-9-6-10-15-27)18-19-28-20-31(38-23-25-12-7-5-8-13-25)30(36-35-28)21-34-22-32(37)39-33(2,3)4/h6,9-11,14-17,20,25,34H,5,7-8,12-13,21-23H2,1-4H3. The monoisotopic (exact) mass is 525 g/mol.